The molecular formula is C20H21N5O2. The van der Waals surface area contributed by atoms with E-state index in [1.54, 1.807) is 29.4 Å². The maximum Gasteiger partial charge on any atom is 0.316 e. The van der Waals surface area contributed by atoms with Crippen LogP contribution in [-0.4, -0.2) is 52.1 Å². The minimum atomic E-state index is -0.219. The second kappa shape index (κ2) is 7.19. The van der Waals surface area contributed by atoms with Crippen molar-refractivity contribution < 1.29 is 9.32 Å². The van der Waals surface area contributed by atoms with Crippen LogP contribution in [0.3, 0.4) is 0 Å². The van der Waals surface area contributed by atoms with Crippen LogP contribution in [-0.2, 0) is 0 Å². The van der Waals surface area contributed by atoms with Gasteiger partial charge in [0.15, 0.2) is 0 Å². The first-order valence-electron chi connectivity index (χ1n) is 8.97. The zero-order valence-corrected chi connectivity index (χ0v) is 15.4. The number of rotatable bonds is 3. The van der Waals surface area contributed by atoms with Crippen molar-refractivity contribution >= 4 is 11.6 Å². The topological polar surface area (TPSA) is 75.4 Å². The van der Waals surface area contributed by atoms with Gasteiger partial charge in [-0.15, -0.1) is 0 Å². The number of carbonyl (C=O) groups excluding carboxylic acids is 1. The van der Waals surface area contributed by atoms with Crippen LogP contribution < -0.4 is 4.90 Å². The number of amides is 1. The van der Waals surface area contributed by atoms with Crippen LogP contribution in [0.5, 0.6) is 0 Å². The standard InChI is InChI=1S/C20H21N5O2/c1-14-3-4-17(15(2)13-14)24-9-11-25(12-10-24)20(26)19-22-18(23-27-19)16-5-7-21-8-6-16/h3-8,13H,9-12H2,1-2H3. The van der Waals surface area contributed by atoms with Gasteiger partial charge in [-0.05, 0) is 37.6 Å². The monoisotopic (exact) mass is 363 g/mol. The van der Waals surface area contributed by atoms with E-state index in [1.807, 2.05) is 0 Å². The van der Waals surface area contributed by atoms with E-state index in [1.165, 1.54) is 16.8 Å². The highest BCUT2D eigenvalue weighted by atomic mass is 16.5. The van der Waals surface area contributed by atoms with Gasteiger partial charge in [0.1, 0.15) is 0 Å². The Labute approximate surface area is 157 Å². The summed E-state index contributed by atoms with van der Waals surface area (Å²) in [6.07, 6.45) is 3.30. The van der Waals surface area contributed by atoms with Crippen molar-refractivity contribution in [3.05, 3.63) is 59.7 Å². The molecule has 0 atom stereocenters. The number of hydrogen-bond donors (Lipinski definition) is 0. The molecule has 0 saturated carbocycles. The normalized spacial score (nSPS) is 14.4. The molecule has 4 rings (SSSR count). The SMILES string of the molecule is Cc1ccc(N2CCN(C(=O)c3nc(-c4ccncc4)no3)CC2)c(C)c1. The van der Waals surface area contributed by atoms with E-state index in [2.05, 4.69) is 52.1 Å². The minimum absolute atomic E-state index is 0.0294. The summed E-state index contributed by atoms with van der Waals surface area (Å²) in [5.74, 6) is 0.208. The summed E-state index contributed by atoms with van der Waals surface area (Å²) in [6, 6.07) is 10.0. The Morgan fingerprint density at radius 1 is 1.04 bits per heavy atom. The zero-order chi connectivity index (χ0) is 18.8. The summed E-state index contributed by atoms with van der Waals surface area (Å²) < 4.78 is 5.19. The Morgan fingerprint density at radius 3 is 2.48 bits per heavy atom. The Morgan fingerprint density at radius 2 is 1.78 bits per heavy atom. The molecule has 1 aromatic carbocycles. The number of carbonyl (C=O) groups is 1. The van der Waals surface area contributed by atoms with Crippen LogP contribution in [0.4, 0.5) is 5.69 Å². The van der Waals surface area contributed by atoms with Crippen molar-refractivity contribution in [2.75, 3.05) is 31.1 Å². The summed E-state index contributed by atoms with van der Waals surface area (Å²) in [6.45, 7) is 7.02. The number of pyridine rings is 1. The van der Waals surface area contributed by atoms with E-state index < -0.39 is 0 Å². The van der Waals surface area contributed by atoms with E-state index >= 15 is 0 Å². The summed E-state index contributed by atoms with van der Waals surface area (Å²) in [5.41, 5.74) is 4.51. The lowest BCUT2D eigenvalue weighted by molar-refractivity contribution is 0.0696. The zero-order valence-electron chi connectivity index (χ0n) is 15.4. The molecule has 3 aromatic rings. The summed E-state index contributed by atoms with van der Waals surface area (Å²) in [7, 11) is 0. The Kier molecular flexibility index (Phi) is 4.58. The molecule has 0 spiro atoms. The van der Waals surface area contributed by atoms with Crippen molar-refractivity contribution in [1.82, 2.24) is 20.0 Å². The van der Waals surface area contributed by atoms with Crippen LogP contribution >= 0.6 is 0 Å². The molecule has 138 valence electrons. The number of piperazine rings is 1. The molecule has 1 saturated heterocycles. The molecular weight excluding hydrogens is 342 g/mol. The molecule has 7 nitrogen and oxygen atoms in total. The highest BCUT2D eigenvalue weighted by Gasteiger charge is 2.27. The van der Waals surface area contributed by atoms with Crippen molar-refractivity contribution in [1.29, 1.82) is 0 Å². The van der Waals surface area contributed by atoms with Gasteiger partial charge in [-0.1, -0.05) is 22.9 Å². The third-order valence-electron chi connectivity index (χ3n) is 4.81. The molecule has 1 amide bonds. The van der Waals surface area contributed by atoms with Gasteiger partial charge < -0.3 is 14.3 Å². The molecule has 1 aliphatic rings. The van der Waals surface area contributed by atoms with Gasteiger partial charge in [0.25, 0.3) is 0 Å². The lowest BCUT2D eigenvalue weighted by atomic mass is 10.1. The average Bonchev–Trinajstić information content (AvgIpc) is 3.19. The first-order valence-corrected chi connectivity index (χ1v) is 8.97. The van der Waals surface area contributed by atoms with Crippen molar-refractivity contribution in [3.8, 4) is 11.4 Å². The van der Waals surface area contributed by atoms with Gasteiger partial charge in [0, 0.05) is 49.8 Å². The van der Waals surface area contributed by atoms with Crippen LogP contribution in [0, 0.1) is 13.8 Å². The smallest absolute Gasteiger partial charge is 0.316 e. The summed E-state index contributed by atoms with van der Waals surface area (Å²) >= 11 is 0. The highest BCUT2D eigenvalue weighted by molar-refractivity contribution is 5.90. The molecule has 0 N–H and O–H groups in total. The van der Waals surface area contributed by atoms with E-state index in [0.29, 0.717) is 18.9 Å². The molecule has 1 fully saturated rings. The Hall–Kier alpha value is -3.22. The number of aromatic nitrogens is 3. The van der Waals surface area contributed by atoms with Crippen LogP contribution in [0.25, 0.3) is 11.4 Å². The number of benzene rings is 1. The largest absolute Gasteiger partial charge is 0.368 e. The lowest BCUT2D eigenvalue weighted by Crippen LogP contribution is -2.49. The number of nitrogens with zero attached hydrogens (tertiary/aromatic N) is 5. The van der Waals surface area contributed by atoms with Gasteiger partial charge >= 0.3 is 11.8 Å². The summed E-state index contributed by atoms with van der Waals surface area (Å²) in [5, 5.41) is 3.91. The third-order valence-corrected chi connectivity index (χ3v) is 4.81. The molecule has 7 heteroatoms. The average molecular weight is 363 g/mol. The fourth-order valence-corrected chi connectivity index (χ4v) is 3.37. The lowest BCUT2D eigenvalue weighted by Gasteiger charge is -2.36. The van der Waals surface area contributed by atoms with Crippen molar-refractivity contribution in [2.45, 2.75) is 13.8 Å². The van der Waals surface area contributed by atoms with Crippen LogP contribution in [0.15, 0.2) is 47.2 Å². The molecule has 0 radical (unpaired) electrons. The highest BCUT2D eigenvalue weighted by Crippen LogP contribution is 2.23. The van der Waals surface area contributed by atoms with Gasteiger partial charge in [-0.2, -0.15) is 4.98 Å². The molecule has 1 aliphatic heterocycles. The third kappa shape index (κ3) is 3.53. The van der Waals surface area contributed by atoms with Gasteiger partial charge in [0.05, 0.1) is 0 Å². The van der Waals surface area contributed by atoms with Gasteiger partial charge in [-0.3, -0.25) is 9.78 Å². The van der Waals surface area contributed by atoms with Crippen LogP contribution in [0.2, 0.25) is 0 Å². The fourth-order valence-electron chi connectivity index (χ4n) is 3.37. The first-order chi connectivity index (χ1) is 13.1. The van der Waals surface area contributed by atoms with E-state index in [9.17, 15) is 4.79 Å². The summed E-state index contributed by atoms with van der Waals surface area (Å²) in [4.78, 5) is 25.0. The molecule has 2 aromatic heterocycles. The molecule has 0 bridgehead atoms. The maximum atomic E-state index is 12.7. The quantitative estimate of drug-likeness (QED) is 0.712. The van der Waals surface area contributed by atoms with Crippen molar-refractivity contribution in [2.24, 2.45) is 0 Å². The molecule has 27 heavy (non-hydrogen) atoms. The van der Waals surface area contributed by atoms with E-state index in [0.717, 1.165) is 18.7 Å². The second-order valence-corrected chi connectivity index (χ2v) is 6.73. The molecule has 0 aliphatic carbocycles. The number of aryl methyl sites for hydroxylation is 2. The first kappa shape index (κ1) is 17.2. The predicted molar refractivity (Wildman–Crippen MR) is 102 cm³/mol. The molecule has 3 heterocycles. The Balaban J connectivity index is 1.42. The van der Waals surface area contributed by atoms with Crippen LogP contribution in [0.1, 0.15) is 21.8 Å². The Bertz CT molecular complexity index is 946. The van der Waals surface area contributed by atoms with Gasteiger partial charge in [-0.25, -0.2) is 0 Å². The number of anilines is 1. The minimum Gasteiger partial charge on any atom is -0.368 e. The number of hydrogen-bond acceptors (Lipinski definition) is 6. The fraction of sp³-hybridized carbons (Fsp3) is 0.300. The van der Waals surface area contributed by atoms with E-state index in [4.69, 9.17) is 4.52 Å². The molecule has 0 unspecified atom stereocenters. The predicted octanol–water partition coefficient (Wildman–Crippen LogP) is 2.71. The van der Waals surface area contributed by atoms with E-state index in [-0.39, 0.29) is 11.8 Å². The maximum absolute atomic E-state index is 12.7. The second-order valence-electron chi connectivity index (χ2n) is 6.73. The van der Waals surface area contributed by atoms with Gasteiger partial charge in [0.2, 0.25) is 5.82 Å². The van der Waals surface area contributed by atoms with Crippen molar-refractivity contribution in [3.63, 3.8) is 0 Å².